The molecule has 16 heavy (non-hydrogen) atoms. The Labute approximate surface area is 95.4 Å². The molecule has 0 saturated carbocycles. The molecular weight excluding hydrogens is 200 g/mol. The van der Waals surface area contributed by atoms with E-state index in [9.17, 15) is 4.79 Å². The van der Waals surface area contributed by atoms with Gasteiger partial charge in [-0.3, -0.25) is 4.79 Å². The molecule has 1 amide bonds. The third kappa shape index (κ3) is 1.04. The first kappa shape index (κ1) is 9.85. The Morgan fingerprint density at radius 3 is 2.94 bits per heavy atom. The van der Waals surface area contributed by atoms with Gasteiger partial charge in [-0.05, 0) is 31.5 Å². The van der Waals surface area contributed by atoms with Crippen molar-refractivity contribution in [2.24, 2.45) is 0 Å². The second kappa shape index (κ2) is 3.32. The molecular formula is C13H16N2O. The van der Waals surface area contributed by atoms with Gasteiger partial charge in [-0.15, -0.1) is 0 Å². The van der Waals surface area contributed by atoms with Crippen LogP contribution in [0.3, 0.4) is 0 Å². The first-order chi connectivity index (χ1) is 7.79. The number of carbonyl (C=O) groups excluding carboxylic acids is 1. The molecule has 84 valence electrons. The molecule has 0 unspecified atom stereocenters. The van der Waals surface area contributed by atoms with Crippen molar-refractivity contribution in [3.05, 3.63) is 29.8 Å². The molecule has 2 aliphatic rings. The number of amides is 1. The van der Waals surface area contributed by atoms with Gasteiger partial charge >= 0.3 is 0 Å². The predicted octanol–water partition coefficient (Wildman–Crippen LogP) is 1.28. The second-order valence-corrected chi connectivity index (χ2v) is 4.58. The molecule has 2 heterocycles. The van der Waals surface area contributed by atoms with E-state index in [4.69, 9.17) is 0 Å². The van der Waals surface area contributed by atoms with Crippen molar-refractivity contribution in [2.75, 3.05) is 24.5 Å². The van der Waals surface area contributed by atoms with Gasteiger partial charge in [0.15, 0.2) is 0 Å². The van der Waals surface area contributed by atoms with Crippen LogP contribution in [0.4, 0.5) is 5.69 Å². The maximum atomic E-state index is 12.5. The van der Waals surface area contributed by atoms with Crippen LogP contribution in [-0.2, 0) is 10.2 Å². The molecule has 1 fully saturated rings. The van der Waals surface area contributed by atoms with Crippen molar-refractivity contribution in [2.45, 2.75) is 18.8 Å². The summed E-state index contributed by atoms with van der Waals surface area (Å²) in [5.74, 6) is 0.279. The van der Waals surface area contributed by atoms with Crippen LogP contribution in [0.2, 0.25) is 0 Å². The lowest BCUT2D eigenvalue weighted by atomic mass is 9.81. The molecule has 2 aliphatic heterocycles. The number of nitrogens with zero attached hydrogens (tertiary/aromatic N) is 1. The minimum absolute atomic E-state index is 0.271. The summed E-state index contributed by atoms with van der Waals surface area (Å²) in [5.41, 5.74) is 2.05. The van der Waals surface area contributed by atoms with E-state index < -0.39 is 0 Å². The molecule has 1 aromatic carbocycles. The van der Waals surface area contributed by atoms with Crippen LogP contribution in [0.15, 0.2) is 24.3 Å². The second-order valence-electron chi connectivity index (χ2n) is 4.58. The molecule has 3 heteroatoms. The lowest BCUT2D eigenvalue weighted by Gasteiger charge is -2.21. The summed E-state index contributed by atoms with van der Waals surface area (Å²) in [6, 6.07) is 8.21. The Morgan fingerprint density at radius 2 is 2.25 bits per heavy atom. The monoisotopic (exact) mass is 216 g/mol. The zero-order valence-corrected chi connectivity index (χ0v) is 9.49. The van der Waals surface area contributed by atoms with E-state index >= 15 is 0 Å². The highest BCUT2D eigenvalue weighted by atomic mass is 16.2. The van der Waals surface area contributed by atoms with Crippen molar-refractivity contribution in [3.63, 3.8) is 0 Å². The van der Waals surface area contributed by atoms with Crippen molar-refractivity contribution in [1.82, 2.24) is 5.32 Å². The van der Waals surface area contributed by atoms with Gasteiger partial charge in [0, 0.05) is 18.8 Å². The number of hydrogen-bond acceptors (Lipinski definition) is 2. The van der Waals surface area contributed by atoms with Crippen molar-refractivity contribution >= 4 is 11.6 Å². The molecule has 3 nitrogen and oxygen atoms in total. The smallest absolute Gasteiger partial charge is 0.239 e. The topological polar surface area (TPSA) is 32.3 Å². The summed E-state index contributed by atoms with van der Waals surface area (Å²) >= 11 is 0. The number of fused-ring (bicyclic) bond motifs is 2. The van der Waals surface area contributed by atoms with E-state index in [0.717, 1.165) is 31.7 Å². The summed E-state index contributed by atoms with van der Waals surface area (Å²) < 4.78 is 0. The van der Waals surface area contributed by atoms with Crippen LogP contribution >= 0.6 is 0 Å². The van der Waals surface area contributed by atoms with Gasteiger partial charge < -0.3 is 10.2 Å². The van der Waals surface area contributed by atoms with Crippen molar-refractivity contribution in [1.29, 1.82) is 0 Å². The van der Waals surface area contributed by atoms with Gasteiger partial charge in [-0.1, -0.05) is 18.2 Å². The van der Waals surface area contributed by atoms with E-state index in [-0.39, 0.29) is 11.3 Å². The number of para-hydroxylation sites is 1. The van der Waals surface area contributed by atoms with Crippen LogP contribution in [0.25, 0.3) is 0 Å². The fourth-order valence-electron chi connectivity index (χ4n) is 3.01. The Balaban J connectivity index is 2.19. The lowest BCUT2D eigenvalue weighted by molar-refractivity contribution is -0.122. The zero-order chi connectivity index (χ0) is 11.2. The summed E-state index contributed by atoms with van der Waals surface area (Å²) in [4.78, 5) is 14.4. The van der Waals surface area contributed by atoms with Gasteiger partial charge in [0.2, 0.25) is 5.91 Å². The van der Waals surface area contributed by atoms with E-state index in [1.807, 2.05) is 24.0 Å². The molecule has 3 rings (SSSR count). The Kier molecular flexibility index (Phi) is 2.04. The van der Waals surface area contributed by atoms with Crippen LogP contribution in [0, 0.1) is 0 Å². The Hall–Kier alpha value is -1.35. The van der Waals surface area contributed by atoms with Crippen molar-refractivity contribution in [3.8, 4) is 0 Å². The maximum Gasteiger partial charge on any atom is 0.239 e. The van der Waals surface area contributed by atoms with Gasteiger partial charge in [-0.2, -0.15) is 0 Å². The number of nitrogens with one attached hydrogen (secondary N) is 1. The number of anilines is 1. The minimum atomic E-state index is -0.271. The third-order valence-corrected chi connectivity index (χ3v) is 3.84. The molecule has 0 aliphatic carbocycles. The number of hydrogen-bond donors (Lipinski definition) is 1. The van der Waals surface area contributed by atoms with E-state index in [2.05, 4.69) is 17.4 Å². The van der Waals surface area contributed by atoms with Gasteiger partial charge in [-0.25, -0.2) is 0 Å². The fraction of sp³-hybridized carbons (Fsp3) is 0.462. The number of rotatable bonds is 1. The van der Waals surface area contributed by atoms with Gasteiger partial charge in [0.1, 0.15) is 0 Å². The number of carbonyl (C=O) groups is 1. The van der Waals surface area contributed by atoms with Crippen LogP contribution in [0.1, 0.15) is 18.9 Å². The molecule has 1 atom stereocenters. The summed E-state index contributed by atoms with van der Waals surface area (Å²) in [6.45, 7) is 4.53. The summed E-state index contributed by atoms with van der Waals surface area (Å²) in [5, 5.41) is 3.32. The highest BCUT2D eigenvalue weighted by Gasteiger charge is 2.51. The predicted molar refractivity (Wildman–Crippen MR) is 63.6 cm³/mol. The van der Waals surface area contributed by atoms with Crippen LogP contribution < -0.4 is 10.2 Å². The van der Waals surface area contributed by atoms with Gasteiger partial charge in [0.05, 0.1) is 5.41 Å². The molecule has 0 radical (unpaired) electrons. The molecule has 1 N–H and O–H groups in total. The third-order valence-electron chi connectivity index (χ3n) is 3.84. The first-order valence-corrected chi connectivity index (χ1v) is 5.92. The Morgan fingerprint density at radius 1 is 1.44 bits per heavy atom. The molecule has 1 spiro atoms. The first-order valence-electron chi connectivity index (χ1n) is 5.92. The standard InChI is InChI=1S/C13H16N2O/c1-2-15-11-6-4-3-5-10(11)13(12(15)16)7-8-14-9-13/h3-6,14H,2,7-9H2,1H3/t13-/m0/s1. The van der Waals surface area contributed by atoms with E-state index in [1.165, 1.54) is 5.56 Å². The normalized spacial score (nSPS) is 27.8. The number of benzene rings is 1. The highest BCUT2D eigenvalue weighted by Crippen LogP contribution is 2.44. The quantitative estimate of drug-likeness (QED) is 0.767. The maximum absolute atomic E-state index is 12.5. The van der Waals surface area contributed by atoms with Crippen LogP contribution in [0.5, 0.6) is 0 Å². The average molecular weight is 216 g/mol. The zero-order valence-electron chi connectivity index (χ0n) is 9.49. The lowest BCUT2D eigenvalue weighted by Crippen LogP contribution is -2.41. The largest absolute Gasteiger partial charge is 0.315 e. The average Bonchev–Trinajstić information content (AvgIpc) is 2.88. The highest BCUT2D eigenvalue weighted by molar-refractivity contribution is 6.08. The summed E-state index contributed by atoms with van der Waals surface area (Å²) in [7, 11) is 0. The minimum Gasteiger partial charge on any atom is -0.315 e. The molecule has 1 aromatic rings. The van der Waals surface area contributed by atoms with E-state index in [0.29, 0.717) is 0 Å². The van der Waals surface area contributed by atoms with E-state index in [1.54, 1.807) is 0 Å². The Bertz CT molecular complexity index is 435. The fourth-order valence-corrected chi connectivity index (χ4v) is 3.01. The van der Waals surface area contributed by atoms with Crippen molar-refractivity contribution < 1.29 is 4.79 Å². The number of likely N-dealkylation sites (N-methyl/N-ethyl adjacent to an activating group) is 1. The SMILES string of the molecule is CCN1C(=O)[C@]2(CCNC2)c2ccccc21. The molecule has 1 saturated heterocycles. The molecule has 0 aromatic heterocycles. The molecule has 0 bridgehead atoms. The van der Waals surface area contributed by atoms with Gasteiger partial charge in [0.25, 0.3) is 0 Å². The van der Waals surface area contributed by atoms with Crippen LogP contribution in [-0.4, -0.2) is 25.5 Å². The summed E-state index contributed by atoms with van der Waals surface area (Å²) in [6.07, 6.45) is 0.930.